The van der Waals surface area contributed by atoms with E-state index in [1.807, 2.05) is 53.4 Å². The number of hydrogen-bond acceptors (Lipinski definition) is 5. The lowest BCUT2D eigenvalue weighted by atomic mass is 10.1. The van der Waals surface area contributed by atoms with E-state index in [2.05, 4.69) is 21.7 Å². The maximum Gasteiger partial charge on any atom is 0.227 e. The van der Waals surface area contributed by atoms with Crippen molar-refractivity contribution in [3.05, 3.63) is 59.9 Å². The Morgan fingerprint density at radius 1 is 1.07 bits per heavy atom. The summed E-state index contributed by atoms with van der Waals surface area (Å²) in [5, 5.41) is 8.74. The van der Waals surface area contributed by atoms with E-state index in [-0.39, 0.29) is 11.9 Å². The first-order valence-corrected chi connectivity index (χ1v) is 9.58. The fraction of sp³-hybridized carbons (Fsp3) is 0.318. The number of rotatable bonds is 5. The first kappa shape index (κ1) is 19.0. The summed E-state index contributed by atoms with van der Waals surface area (Å²) in [6.07, 6.45) is 0.298. The summed E-state index contributed by atoms with van der Waals surface area (Å²) in [7, 11) is 3.19. The van der Waals surface area contributed by atoms with Crippen molar-refractivity contribution in [1.82, 2.24) is 19.7 Å². The summed E-state index contributed by atoms with van der Waals surface area (Å²) in [6.45, 7) is 3.17. The Bertz CT molecular complexity index is 1020. The maximum atomic E-state index is 13.0. The predicted molar refractivity (Wildman–Crippen MR) is 109 cm³/mol. The molecule has 1 atom stereocenters. The second-order valence-corrected chi connectivity index (χ2v) is 7.17. The predicted octanol–water partition coefficient (Wildman–Crippen LogP) is 3.11. The molecule has 0 aliphatic carbocycles. The van der Waals surface area contributed by atoms with Gasteiger partial charge in [0.2, 0.25) is 5.91 Å². The van der Waals surface area contributed by atoms with Crippen LogP contribution in [0.2, 0.25) is 0 Å². The number of hydrogen-bond donors (Lipinski definition) is 0. The fourth-order valence-corrected chi connectivity index (χ4v) is 3.78. The molecule has 7 nitrogen and oxygen atoms in total. The van der Waals surface area contributed by atoms with Gasteiger partial charge in [-0.2, -0.15) is 0 Å². The van der Waals surface area contributed by atoms with Crippen molar-refractivity contribution >= 4 is 5.91 Å². The number of benzene rings is 2. The largest absolute Gasteiger partial charge is 0.493 e. The van der Waals surface area contributed by atoms with Gasteiger partial charge in [-0.1, -0.05) is 36.4 Å². The van der Waals surface area contributed by atoms with Crippen molar-refractivity contribution in [3.8, 4) is 22.9 Å². The van der Waals surface area contributed by atoms with Crippen LogP contribution in [-0.4, -0.2) is 46.3 Å². The third-order valence-corrected chi connectivity index (χ3v) is 5.21. The van der Waals surface area contributed by atoms with Crippen molar-refractivity contribution < 1.29 is 14.3 Å². The lowest BCUT2D eigenvalue weighted by molar-refractivity contribution is -0.132. The van der Waals surface area contributed by atoms with E-state index in [9.17, 15) is 4.79 Å². The highest BCUT2D eigenvalue weighted by Crippen LogP contribution is 2.30. The van der Waals surface area contributed by atoms with Gasteiger partial charge >= 0.3 is 0 Å². The summed E-state index contributed by atoms with van der Waals surface area (Å²) in [4.78, 5) is 14.8. The zero-order valence-corrected chi connectivity index (χ0v) is 16.8. The van der Waals surface area contributed by atoms with E-state index in [0.717, 1.165) is 22.8 Å². The van der Waals surface area contributed by atoms with Gasteiger partial charge in [0.1, 0.15) is 0 Å². The van der Waals surface area contributed by atoms with Crippen molar-refractivity contribution in [3.63, 3.8) is 0 Å². The van der Waals surface area contributed by atoms with Crippen LogP contribution in [0.5, 0.6) is 11.5 Å². The maximum absolute atomic E-state index is 13.0. The molecule has 150 valence electrons. The number of ether oxygens (including phenoxy) is 2. The van der Waals surface area contributed by atoms with Crippen molar-refractivity contribution in [2.75, 3.05) is 20.8 Å². The van der Waals surface area contributed by atoms with Gasteiger partial charge in [-0.05, 0) is 24.6 Å². The molecule has 1 aliphatic rings. The number of amides is 1. The van der Waals surface area contributed by atoms with Gasteiger partial charge in [-0.25, -0.2) is 0 Å². The molecule has 0 unspecified atom stereocenters. The fourth-order valence-electron chi connectivity index (χ4n) is 3.78. The van der Waals surface area contributed by atoms with Gasteiger partial charge in [0.25, 0.3) is 0 Å². The lowest BCUT2D eigenvalue weighted by Gasteiger charge is -2.32. The molecular weight excluding hydrogens is 368 g/mol. The summed E-state index contributed by atoms with van der Waals surface area (Å²) >= 11 is 0. The molecule has 1 amide bonds. The molecule has 0 saturated heterocycles. The van der Waals surface area contributed by atoms with Gasteiger partial charge in [0.05, 0.1) is 33.2 Å². The van der Waals surface area contributed by atoms with E-state index in [1.54, 1.807) is 14.2 Å². The van der Waals surface area contributed by atoms with Crippen LogP contribution in [0.3, 0.4) is 0 Å². The van der Waals surface area contributed by atoms with E-state index in [0.29, 0.717) is 31.0 Å². The van der Waals surface area contributed by atoms with Crippen molar-refractivity contribution in [1.29, 1.82) is 0 Å². The Balaban J connectivity index is 1.52. The van der Waals surface area contributed by atoms with Crippen molar-refractivity contribution in [2.24, 2.45) is 0 Å². The molecule has 3 aromatic rings. The second kappa shape index (κ2) is 7.95. The molecule has 29 heavy (non-hydrogen) atoms. The Labute approximate surface area is 169 Å². The Morgan fingerprint density at radius 2 is 1.83 bits per heavy atom. The summed E-state index contributed by atoms with van der Waals surface area (Å²) in [5.74, 6) is 2.98. The molecule has 0 fully saturated rings. The number of methoxy groups -OCH3 is 2. The van der Waals surface area contributed by atoms with Crippen LogP contribution < -0.4 is 9.47 Å². The third kappa shape index (κ3) is 3.68. The zero-order valence-electron chi connectivity index (χ0n) is 16.8. The molecule has 2 aromatic carbocycles. The highest BCUT2D eigenvalue weighted by atomic mass is 16.5. The Morgan fingerprint density at radius 3 is 2.55 bits per heavy atom. The van der Waals surface area contributed by atoms with Gasteiger partial charge in [0.15, 0.2) is 23.1 Å². The average molecular weight is 392 g/mol. The van der Waals surface area contributed by atoms with Crippen LogP contribution in [0.25, 0.3) is 11.4 Å². The van der Waals surface area contributed by atoms with Gasteiger partial charge in [-0.3, -0.25) is 4.79 Å². The molecule has 2 heterocycles. The molecule has 4 rings (SSSR count). The zero-order chi connectivity index (χ0) is 20.4. The van der Waals surface area contributed by atoms with Gasteiger partial charge < -0.3 is 18.9 Å². The standard InChI is InChI=1S/C22H24N4O3/c1-15-13-25(21(27)12-16-9-10-18(28-2)19(11-16)29-3)14-20-23-24-22(26(15)20)17-7-5-4-6-8-17/h4-11,15H,12-14H2,1-3H3/t15-/m0/s1. The minimum atomic E-state index is 0.0552. The summed E-state index contributed by atoms with van der Waals surface area (Å²) < 4.78 is 12.7. The molecule has 7 heteroatoms. The summed E-state index contributed by atoms with van der Waals surface area (Å²) in [6, 6.07) is 15.7. The molecule has 0 N–H and O–H groups in total. The van der Waals surface area contributed by atoms with Crippen LogP contribution in [-0.2, 0) is 17.8 Å². The topological polar surface area (TPSA) is 69.5 Å². The molecule has 0 saturated carbocycles. The number of nitrogens with zero attached hydrogens (tertiary/aromatic N) is 4. The van der Waals surface area contributed by atoms with Gasteiger partial charge in [0, 0.05) is 12.1 Å². The van der Waals surface area contributed by atoms with Crippen LogP contribution in [0, 0.1) is 0 Å². The Hall–Kier alpha value is -3.35. The number of fused-ring (bicyclic) bond motifs is 1. The highest BCUT2D eigenvalue weighted by Gasteiger charge is 2.29. The van der Waals surface area contributed by atoms with E-state index in [1.165, 1.54) is 0 Å². The number of aromatic nitrogens is 3. The molecule has 0 spiro atoms. The molecule has 1 aliphatic heterocycles. The highest BCUT2D eigenvalue weighted by molar-refractivity contribution is 5.79. The van der Waals surface area contributed by atoms with Crippen LogP contribution >= 0.6 is 0 Å². The van der Waals surface area contributed by atoms with E-state index in [4.69, 9.17) is 9.47 Å². The first-order valence-electron chi connectivity index (χ1n) is 9.58. The molecule has 0 radical (unpaired) electrons. The van der Waals surface area contributed by atoms with Crippen LogP contribution in [0.1, 0.15) is 24.4 Å². The molecular formula is C22H24N4O3. The number of carbonyl (C=O) groups is 1. The van der Waals surface area contributed by atoms with Crippen molar-refractivity contribution in [2.45, 2.75) is 25.9 Å². The monoisotopic (exact) mass is 392 g/mol. The smallest absolute Gasteiger partial charge is 0.227 e. The molecule has 1 aromatic heterocycles. The van der Waals surface area contributed by atoms with Crippen LogP contribution in [0.4, 0.5) is 0 Å². The average Bonchev–Trinajstić information content (AvgIpc) is 3.19. The minimum absolute atomic E-state index is 0.0552. The first-order chi connectivity index (χ1) is 14.1. The quantitative estimate of drug-likeness (QED) is 0.667. The van der Waals surface area contributed by atoms with Gasteiger partial charge in [-0.15, -0.1) is 10.2 Å². The summed E-state index contributed by atoms with van der Waals surface area (Å²) in [5.41, 5.74) is 1.92. The van der Waals surface area contributed by atoms with Crippen LogP contribution in [0.15, 0.2) is 48.5 Å². The Kier molecular flexibility index (Phi) is 5.20. The van der Waals surface area contributed by atoms with E-state index >= 15 is 0 Å². The van der Waals surface area contributed by atoms with E-state index < -0.39 is 0 Å². The normalized spacial score (nSPS) is 15.7. The third-order valence-electron chi connectivity index (χ3n) is 5.21. The lowest BCUT2D eigenvalue weighted by Crippen LogP contribution is -2.41. The molecule has 0 bridgehead atoms. The second-order valence-electron chi connectivity index (χ2n) is 7.17. The minimum Gasteiger partial charge on any atom is -0.493 e. The SMILES string of the molecule is COc1ccc(CC(=O)N2Cc3nnc(-c4ccccc4)n3[C@@H](C)C2)cc1OC. The number of carbonyl (C=O) groups excluding carboxylic acids is 1.